The Bertz CT molecular complexity index is 611. The fraction of sp³-hybridized carbons (Fsp3) is 0.652. The third-order valence-electron chi connectivity index (χ3n) is 5.84. The molecule has 0 N–H and O–H groups in total. The van der Waals surface area contributed by atoms with E-state index in [0.717, 1.165) is 32.1 Å². The molecule has 0 aromatic heterocycles. The summed E-state index contributed by atoms with van der Waals surface area (Å²) >= 11 is 0. The molecule has 1 aliphatic carbocycles. The summed E-state index contributed by atoms with van der Waals surface area (Å²) in [6, 6.07) is 8.76. The first-order valence-corrected chi connectivity index (χ1v) is 10.3. The van der Waals surface area contributed by atoms with E-state index in [2.05, 4.69) is 38.1 Å². The Kier molecular flexibility index (Phi) is 8.33. The zero-order valence-corrected chi connectivity index (χ0v) is 17.4. The van der Waals surface area contributed by atoms with Gasteiger partial charge in [0, 0.05) is 19.0 Å². The lowest BCUT2D eigenvalue weighted by molar-refractivity contribution is -0.147. The number of benzene rings is 1. The quantitative estimate of drug-likeness (QED) is 0.629. The number of esters is 1. The molecule has 0 radical (unpaired) electrons. The number of ether oxygens (including phenoxy) is 1. The summed E-state index contributed by atoms with van der Waals surface area (Å²) in [6.45, 7) is 6.63. The maximum atomic E-state index is 13.1. The predicted molar refractivity (Wildman–Crippen MR) is 108 cm³/mol. The van der Waals surface area contributed by atoms with Gasteiger partial charge in [0.05, 0.1) is 13.0 Å². The zero-order valence-electron chi connectivity index (χ0n) is 17.4. The maximum Gasteiger partial charge on any atom is 0.310 e. The van der Waals surface area contributed by atoms with Gasteiger partial charge in [0.2, 0.25) is 5.91 Å². The minimum Gasteiger partial charge on any atom is -0.469 e. The van der Waals surface area contributed by atoms with Crippen LogP contribution in [0, 0.1) is 18.8 Å². The summed E-state index contributed by atoms with van der Waals surface area (Å²) in [5.74, 6) is 0.141. The van der Waals surface area contributed by atoms with Crippen LogP contribution in [0.25, 0.3) is 0 Å². The molecule has 0 heterocycles. The highest BCUT2D eigenvalue weighted by atomic mass is 16.5. The van der Waals surface area contributed by atoms with Crippen LogP contribution >= 0.6 is 0 Å². The third kappa shape index (κ3) is 6.37. The molecule has 1 amide bonds. The molecule has 1 fully saturated rings. The molecule has 1 aromatic rings. The topological polar surface area (TPSA) is 46.6 Å². The largest absolute Gasteiger partial charge is 0.469 e. The molecule has 4 heteroatoms. The number of hydrogen-bond donors (Lipinski definition) is 0. The van der Waals surface area contributed by atoms with Crippen molar-refractivity contribution in [1.29, 1.82) is 0 Å². The number of carbonyl (C=O) groups is 2. The van der Waals surface area contributed by atoms with Crippen molar-refractivity contribution in [2.45, 2.75) is 71.8 Å². The van der Waals surface area contributed by atoms with E-state index in [1.165, 1.54) is 24.7 Å². The van der Waals surface area contributed by atoms with Crippen molar-refractivity contribution >= 4 is 11.9 Å². The van der Waals surface area contributed by atoms with Gasteiger partial charge in [-0.15, -0.1) is 0 Å². The Morgan fingerprint density at radius 1 is 1.19 bits per heavy atom. The van der Waals surface area contributed by atoms with Crippen LogP contribution in [0.4, 0.5) is 0 Å². The van der Waals surface area contributed by atoms with Crippen LogP contribution in [0.15, 0.2) is 24.3 Å². The molecule has 0 saturated heterocycles. The van der Waals surface area contributed by atoms with Crippen LogP contribution in [0.2, 0.25) is 0 Å². The second-order valence-electron chi connectivity index (χ2n) is 8.14. The summed E-state index contributed by atoms with van der Waals surface area (Å²) < 4.78 is 4.88. The molecule has 1 saturated carbocycles. The fourth-order valence-corrected chi connectivity index (χ4v) is 4.09. The lowest BCUT2D eigenvalue weighted by Gasteiger charge is -2.39. The van der Waals surface area contributed by atoms with E-state index in [9.17, 15) is 9.59 Å². The molecule has 27 heavy (non-hydrogen) atoms. The van der Waals surface area contributed by atoms with Crippen molar-refractivity contribution in [2.24, 2.45) is 11.8 Å². The van der Waals surface area contributed by atoms with Gasteiger partial charge in [-0.2, -0.15) is 0 Å². The van der Waals surface area contributed by atoms with E-state index >= 15 is 0 Å². The van der Waals surface area contributed by atoms with Gasteiger partial charge in [0.15, 0.2) is 0 Å². The second-order valence-corrected chi connectivity index (χ2v) is 8.14. The summed E-state index contributed by atoms with van der Waals surface area (Å²) in [5.41, 5.74) is 2.53. The summed E-state index contributed by atoms with van der Waals surface area (Å²) in [4.78, 5) is 26.9. The van der Waals surface area contributed by atoms with Crippen LogP contribution in [-0.4, -0.2) is 36.5 Å². The normalized spacial score (nSPS) is 20.7. The summed E-state index contributed by atoms with van der Waals surface area (Å²) in [7, 11) is 1.41. The average Bonchev–Trinajstić information content (AvgIpc) is 2.67. The Hall–Kier alpha value is -1.84. The van der Waals surface area contributed by atoms with Crippen LogP contribution in [-0.2, 0) is 20.7 Å². The Morgan fingerprint density at radius 2 is 1.85 bits per heavy atom. The Labute approximate surface area is 164 Å². The number of hydrogen-bond acceptors (Lipinski definition) is 3. The minimum absolute atomic E-state index is 0.177. The fourth-order valence-electron chi connectivity index (χ4n) is 4.09. The standard InChI is InChI=1S/C23H35NO3/c1-17-12-14-20(15-13-17)9-7-11-22(25)24(16-19(3)23(26)27-4)21-10-6-5-8-18(21)2/h12-15,18-19,21H,5-11,16H2,1-4H3. The SMILES string of the molecule is COC(=O)C(C)CN(C(=O)CCCc1ccc(C)cc1)C1CCCCC1C. The molecule has 3 unspecified atom stereocenters. The van der Waals surface area contributed by atoms with E-state index in [0.29, 0.717) is 18.9 Å². The predicted octanol–water partition coefficient (Wildman–Crippen LogP) is 4.53. The van der Waals surface area contributed by atoms with E-state index in [-0.39, 0.29) is 23.8 Å². The summed E-state index contributed by atoms with van der Waals surface area (Å²) in [6.07, 6.45) is 6.88. The van der Waals surface area contributed by atoms with Gasteiger partial charge in [0.1, 0.15) is 0 Å². The molecule has 0 spiro atoms. The van der Waals surface area contributed by atoms with Gasteiger partial charge >= 0.3 is 5.97 Å². The van der Waals surface area contributed by atoms with Crippen molar-refractivity contribution in [3.63, 3.8) is 0 Å². The molecule has 4 nitrogen and oxygen atoms in total. The van der Waals surface area contributed by atoms with Crippen molar-refractivity contribution in [2.75, 3.05) is 13.7 Å². The number of amides is 1. The molecule has 3 atom stereocenters. The molecule has 1 aromatic carbocycles. The molecule has 0 aliphatic heterocycles. The highest BCUT2D eigenvalue weighted by Crippen LogP contribution is 2.29. The van der Waals surface area contributed by atoms with Gasteiger partial charge in [-0.3, -0.25) is 9.59 Å². The molecule has 0 bridgehead atoms. The molecule has 1 aliphatic rings. The van der Waals surface area contributed by atoms with Crippen molar-refractivity contribution in [1.82, 2.24) is 4.90 Å². The molecular formula is C23H35NO3. The molecule has 2 rings (SSSR count). The number of carbonyl (C=O) groups excluding carboxylic acids is 2. The molecular weight excluding hydrogens is 338 g/mol. The highest BCUT2D eigenvalue weighted by Gasteiger charge is 2.32. The maximum absolute atomic E-state index is 13.1. The van der Waals surface area contributed by atoms with E-state index in [4.69, 9.17) is 4.74 Å². The van der Waals surface area contributed by atoms with Crippen LogP contribution in [0.5, 0.6) is 0 Å². The Balaban J connectivity index is 1.98. The number of nitrogens with zero attached hydrogens (tertiary/aromatic N) is 1. The van der Waals surface area contributed by atoms with Gasteiger partial charge < -0.3 is 9.64 Å². The highest BCUT2D eigenvalue weighted by molar-refractivity contribution is 5.78. The van der Waals surface area contributed by atoms with E-state index in [1.54, 1.807) is 0 Å². The van der Waals surface area contributed by atoms with Crippen LogP contribution < -0.4 is 0 Å². The van der Waals surface area contributed by atoms with Crippen LogP contribution in [0.1, 0.15) is 63.5 Å². The monoisotopic (exact) mass is 373 g/mol. The zero-order chi connectivity index (χ0) is 19.8. The van der Waals surface area contributed by atoms with Gasteiger partial charge in [0.25, 0.3) is 0 Å². The van der Waals surface area contributed by atoms with Gasteiger partial charge in [-0.1, -0.05) is 56.5 Å². The van der Waals surface area contributed by atoms with Crippen molar-refractivity contribution in [3.05, 3.63) is 35.4 Å². The third-order valence-corrected chi connectivity index (χ3v) is 5.84. The minimum atomic E-state index is -0.287. The first-order chi connectivity index (χ1) is 12.9. The second kappa shape index (κ2) is 10.5. The first-order valence-electron chi connectivity index (χ1n) is 10.3. The van der Waals surface area contributed by atoms with Gasteiger partial charge in [-0.25, -0.2) is 0 Å². The lowest BCUT2D eigenvalue weighted by Crippen LogP contribution is -2.48. The lowest BCUT2D eigenvalue weighted by atomic mass is 9.84. The number of rotatable bonds is 8. The molecule has 150 valence electrons. The van der Waals surface area contributed by atoms with Crippen molar-refractivity contribution in [3.8, 4) is 0 Å². The first kappa shape index (κ1) is 21.5. The summed E-state index contributed by atoms with van der Waals surface area (Å²) in [5, 5.41) is 0. The smallest absolute Gasteiger partial charge is 0.310 e. The van der Waals surface area contributed by atoms with Crippen molar-refractivity contribution < 1.29 is 14.3 Å². The Morgan fingerprint density at radius 3 is 2.48 bits per heavy atom. The number of methoxy groups -OCH3 is 1. The van der Waals surface area contributed by atoms with Gasteiger partial charge in [-0.05, 0) is 44.1 Å². The number of aryl methyl sites for hydroxylation is 2. The van der Waals surface area contributed by atoms with E-state index in [1.807, 2.05) is 11.8 Å². The average molecular weight is 374 g/mol. The van der Waals surface area contributed by atoms with E-state index < -0.39 is 0 Å². The van der Waals surface area contributed by atoms with Crippen LogP contribution in [0.3, 0.4) is 0 Å².